The summed E-state index contributed by atoms with van der Waals surface area (Å²) in [4.78, 5) is 28.7. The molecule has 2 aromatic heterocycles. The molecule has 2 rings (SSSR count). The van der Waals surface area contributed by atoms with Crippen molar-refractivity contribution in [2.75, 3.05) is 7.11 Å². The van der Waals surface area contributed by atoms with Crippen molar-refractivity contribution >= 4 is 39.1 Å². The molecule has 2 heterocycles. The van der Waals surface area contributed by atoms with Gasteiger partial charge >= 0.3 is 5.97 Å². The van der Waals surface area contributed by atoms with Crippen LogP contribution in [0.2, 0.25) is 0 Å². The van der Waals surface area contributed by atoms with Gasteiger partial charge in [-0.1, -0.05) is 6.07 Å². The molecule has 0 fully saturated rings. The van der Waals surface area contributed by atoms with E-state index in [2.05, 4.69) is 31.0 Å². The zero-order valence-electron chi connectivity index (χ0n) is 11.2. The van der Waals surface area contributed by atoms with Crippen molar-refractivity contribution in [1.29, 1.82) is 0 Å². The second kappa shape index (κ2) is 7.33. The Bertz CT molecular complexity index is 631. The van der Waals surface area contributed by atoms with Crippen LogP contribution in [0.25, 0.3) is 0 Å². The van der Waals surface area contributed by atoms with E-state index >= 15 is 0 Å². The molecule has 0 saturated heterocycles. The number of pyridine rings is 1. The molecule has 1 N–H and O–H groups in total. The van der Waals surface area contributed by atoms with Gasteiger partial charge in [0, 0.05) is 11.1 Å². The summed E-state index contributed by atoms with van der Waals surface area (Å²) >= 11 is 4.71. The van der Waals surface area contributed by atoms with Crippen LogP contribution in [0.1, 0.15) is 27.7 Å². The SMILES string of the molecule is COC(=O)CC(NC(=O)c1cccnc1Br)c1cccs1. The summed E-state index contributed by atoms with van der Waals surface area (Å²) < 4.78 is 5.15. The van der Waals surface area contributed by atoms with Gasteiger partial charge in [-0.2, -0.15) is 0 Å². The van der Waals surface area contributed by atoms with Crippen LogP contribution in [0.5, 0.6) is 0 Å². The van der Waals surface area contributed by atoms with Crippen LogP contribution >= 0.6 is 27.3 Å². The summed E-state index contributed by atoms with van der Waals surface area (Å²) in [6.07, 6.45) is 1.67. The molecule has 7 heteroatoms. The Morgan fingerprint density at radius 2 is 2.24 bits per heavy atom. The molecule has 1 unspecified atom stereocenters. The number of ether oxygens (including phenoxy) is 1. The van der Waals surface area contributed by atoms with E-state index in [0.717, 1.165) is 4.88 Å². The maximum absolute atomic E-state index is 12.3. The summed E-state index contributed by atoms with van der Waals surface area (Å²) in [5, 5.41) is 4.74. The fraction of sp³-hybridized carbons (Fsp3) is 0.214. The standard InChI is InChI=1S/C14H13BrN2O3S/c1-20-12(18)8-10(11-5-3-7-21-11)17-14(19)9-4-2-6-16-13(9)15/h2-7,10H,8H2,1H3,(H,17,19). The van der Waals surface area contributed by atoms with Gasteiger partial charge in [-0.25, -0.2) is 4.98 Å². The van der Waals surface area contributed by atoms with Gasteiger partial charge in [-0.05, 0) is 39.5 Å². The zero-order valence-corrected chi connectivity index (χ0v) is 13.6. The molecule has 0 saturated carbocycles. The highest BCUT2D eigenvalue weighted by molar-refractivity contribution is 9.10. The maximum Gasteiger partial charge on any atom is 0.307 e. The molecular formula is C14H13BrN2O3S. The molecule has 21 heavy (non-hydrogen) atoms. The molecule has 110 valence electrons. The van der Waals surface area contributed by atoms with Crippen molar-refractivity contribution in [2.45, 2.75) is 12.5 Å². The van der Waals surface area contributed by atoms with E-state index in [1.165, 1.54) is 18.4 Å². The molecule has 1 atom stereocenters. The van der Waals surface area contributed by atoms with E-state index in [1.807, 2.05) is 17.5 Å². The summed E-state index contributed by atoms with van der Waals surface area (Å²) in [7, 11) is 1.33. The molecule has 0 aliphatic carbocycles. The Morgan fingerprint density at radius 1 is 1.43 bits per heavy atom. The van der Waals surface area contributed by atoms with Gasteiger partial charge in [-0.15, -0.1) is 11.3 Å². The predicted octanol–water partition coefficient (Wildman–Crippen LogP) is 2.94. The number of esters is 1. The van der Waals surface area contributed by atoms with Crippen molar-refractivity contribution in [3.63, 3.8) is 0 Å². The summed E-state index contributed by atoms with van der Waals surface area (Å²) in [6, 6.07) is 6.67. The fourth-order valence-electron chi connectivity index (χ4n) is 1.75. The van der Waals surface area contributed by atoms with Crippen molar-refractivity contribution in [2.24, 2.45) is 0 Å². The van der Waals surface area contributed by atoms with Gasteiger partial charge in [0.05, 0.1) is 25.1 Å². The minimum atomic E-state index is -0.419. The molecule has 0 bridgehead atoms. The lowest BCUT2D eigenvalue weighted by atomic mass is 10.1. The topological polar surface area (TPSA) is 68.3 Å². The molecule has 1 amide bonds. The molecule has 0 aromatic carbocycles. The monoisotopic (exact) mass is 368 g/mol. The number of hydrogen-bond acceptors (Lipinski definition) is 5. The third-order valence-electron chi connectivity index (χ3n) is 2.79. The third-order valence-corrected chi connectivity index (χ3v) is 4.41. The Morgan fingerprint density at radius 3 is 2.86 bits per heavy atom. The smallest absolute Gasteiger partial charge is 0.307 e. The Labute approximate surface area is 134 Å². The Hall–Kier alpha value is -1.73. The van der Waals surface area contributed by atoms with Crippen molar-refractivity contribution < 1.29 is 14.3 Å². The maximum atomic E-state index is 12.3. The van der Waals surface area contributed by atoms with Gasteiger partial charge < -0.3 is 10.1 Å². The summed E-state index contributed by atoms with van der Waals surface area (Å²) in [6.45, 7) is 0. The first-order valence-corrected chi connectivity index (χ1v) is 7.80. The number of hydrogen-bond donors (Lipinski definition) is 1. The van der Waals surface area contributed by atoms with Gasteiger partial charge in [0.1, 0.15) is 4.60 Å². The average molecular weight is 369 g/mol. The minimum absolute atomic E-state index is 0.0840. The summed E-state index contributed by atoms with van der Waals surface area (Å²) in [5.41, 5.74) is 0.420. The van der Waals surface area contributed by atoms with Crippen LogP contribution in [-0.4, -0.2) is 24.0 Å². The Kier molecular flexibility index (Phi) is 5.46. The van der Waals surface area contributed by atoms with Crippen molar-refractivity contribution in [3.05, 3.63) is 50.9 Å². The van der Waals surface area contributed by atoms with Gasteiger partial charge in [0.2, 0.25) is 0 Å². The van der Waals surface area contributed by atoms with Crippen LogP contribution in [0.3, 0.4) is 0 Å². The van der Waals surface area contributed by atoms with Gasteiger partial charge in [0.25, 0.3) is 5.91 Å². The van der Waals surface area contributed by atoms with Crippen molar-refractivity contribution in [3.8, 4) is 0 Å². The van der Waals surface area contributed by atoms with Crippen LogP contribution in [0.4, 0.5) is 0 Å². The normalized spacial score (nSPS) is 11.7. The molecule has 5 nitrogen and oxygen atoms in total. The number of aromatic nitrogens is 1. The Balaban J connectivity index is 2.17. The molecule has 0 spiro atoms. The second-order valence-corrected chi connectivity index (χ2v) is 5.89. The average Bonchev–Trinajstić information content (AvgIpc) is 3.01. The highest BCUT2D eigenvalue weighted by Gasteiger charge is 2.21. The highest BCUT2D eigenvalue weighted by atomic mass is 79.9. The van der Waals surface area contributed by atoms with E-state index in [9.17, 15) is 9.59 Å². The van der Waals surface area contributed by atoms with Crippen LogP contribution < -0.4 is 5.32 Å². The van der Waals surface area contributed by atoms with Crippen LogP contribution in [0.15, 0.2) is 40.4 Å². The van der Waals surface area contributed by atoms with Crippen LogP contribution in [-0.2, 0) is 9.53 Å². The van der Waals surface area contributed by atoms with E-state index < -0.39 is 6.04 Å². The van der Waals surface area contributed by atoms with Crippen LogP contribution in [0, 0.1) is 0 Å². The lowest BCUT2D eigenvalue weighted by Crippen LogP contribution is -2.30. The molecule has 0 aliphatic rings. The van der Waals surface area contributed by atoms with E-state index in [0.29, 0.717) is 10.2 Å². The van der Waals surface area contributed by atoms with Gasteiger partial charge in [-0.3, -0.25) is 9.59 Å². The molecule has 0 radical (unpaired) electrons. The largest absolute Gasteiger partial charge is 0.469 e. The van der Waals surface area contributed by atoms with Gasteiger partial charge in [0.15, 0.2) is 0 Å². The second-order valence-electron chi connectivity index (χ2n) is 4.16. The van der Waals surface area contributed by atoms with E-state index in [1.54, 1.807) is 18.3 Å². The number of carbonyl (C=O) groups excluding carboxylic acids is 2. The lowest BCUT2D eigenvalue weighted by molar-refractivity contribution is -0.141. The van der Waals surface area contributed by atoms with Crippen molar-refractivity contribution in [1.82, 2.24) is 10.3 Å². The number of carbonyl (C=O) groups is 2. The summed E-state index contributed by atoms with van der Waals surface area (Å²) in [5.74, 6) is -0.670. The van der Waals surface area contributed by atoms with E-state index in [4.69, 9.17) is 0 Å². The predicted molar refractivity (Wildman–Crippen MR) is 83.1 cm³/mol. The number of thiophene rings is 1. The quantitative estimate of drug-likeness (QED) is 0.650. The fourth-order valence-corrected chi connectivity index (χ4v) is 2.96. The molecule has 0 aliphatic heterocycles. The lowest BCUT2D eigenvalue weighted by Gasteiger charge is -2.16. The number of nitrogens with one attached hydrogen (secondary N) is 1. The zero-order chi connectivity index (χ0) is 15.2. The number of amides is 1. The first-order chi connectivity index (χ1) is 10.1. The number of halogens is 1. The van der Waals surface area contributed by atoms with E-state index in [-0.39, 0.29) is 18.3 Å². The first-order valence-electron chi connectivity index (χ1n) is 6.13. The number of methoxy groups -OCH3 is 1. The first kappa shape index (κ1) is 15.7. The third kappa shape index (κ3) is 4.12. The highest BCUT2D eigenvalue weighted by Crippen LogP contribution is 2.23. The number of rotatable bonds is 5. The molecular weight excluding hydrogens is 356 g/mol. The minimum Gasteiger partial charge on any atom is -0.469 e. The molecule has 2 aromatic rings. The number of nitrogens with zero attached hydrogens (tertiary/aromatic N) is 1.